The third-order valence-corrected chi connectivity index (χ3v) is 5.22. The van der Waals surface area contributed by atoms with Crippen LogP contribution in [0.1, 0.15) is 11.1 Å². The Labute approximate surface area is 198 Å². The van der Waals surface area contributed by atoms with Crippen molar-refractivity contribution < 1.29 is 14.3 Å². The third-order valence-electron chi connectivity index (χ3n) is 5.22. The van der Waals surface area contributed by atoms with Crippen LogP contribution < -0.4 is 15.8 Å². The number of aromatic nitrogens is 1. The second kappa shape index (κ2) is 10.4. The molecule has 0 bridgehead atoms. The minimum atomic E-state index is -0.400. The van der Waals surface area contributed by atoms with Gasteiger partial charge in [0.2, 0.25) is 5.91 Å². The predicted molar refractivity (Wildman–Crippen MR) is 133 cm³/mol. The predicted octanol–water partition coefficient (Wildman–Crippen LogP) is 4.77. The van der Waals surface area contributed by atoms with E-state index in [1.54, 1.807) is 24.3 Å². The number of aryl methyl sites for hydroxylation is 1. The van der Waals surface area contributed by atoms with Gasteiger partial charge in [-0.05, 0) is 47.9 Å². The molecule has 6 nitrogen and oxygen atoms in total. The van der Waals surface area contributed by atoms with E-state index in [1.807, 2.05) is 49.4 Å². The van der Waals surface area contributed by atoms with Gasteiger partial charge in [0.15, 0.2) is 6.61 Å². The van der Waals surface area contributed by atoms with Crippen molar-refractivity contribution in [2.75, 3.05) is 11.9 Å². The fourth-order valence-corrected chi connectivity index (χ4v) is 3.50. The van der Waals surface area contributed by atoms with Gasteiger partial charge in [-0.15, -0.1) is 0 Å². The second-order valence-corrected chi connectivity index (χ2v) is 7.98. The van der Waals surface area contributed by atoms with E-state index in [2.05, 4.69) is 34.6 Å². The van der Waals surface area contributed by atoms with Gasteiger partial charge in [0.1, 0.15) is 11.6 Å². The molecule has 0 atom stereocenters. The van der Waals surface area contributed by atoms with Crippen molar-refractivity contribution in [1.82, 2.24) is 4.98 Å². The van der Waals surface area contributed by atoms with Crippen molar-refractivity contribution in [3.8, 4) is 28.1 Å². The Balaban J connectivity index is 1.51. The van der Waals surface area contributed by atoms with Crippen molar-refractivity contribution in [2.45, 2.75) is 13.3 Å². The lowest BCUT2D eigenvalue weighted by molar-refractivity contribution is -0.118. The topological polar surface area (TPSA) is 94.3 Å². The molecule has 6 heteroatoms. The molecule has 2 amide bonds. The zero-order valence-corrected chi connectivity index (χ0v) is 18.8. The van der Waals surface area contributed by atoms with E-state index in [4.69, 9.17) is 10.5 Å². The lowest BCUT2D eigenvalue weighted by atomic mass is 10.0. The zero-order chi connectivity index (χ0) is 23.9. The molecule has 170 valence electrons. The lowest BCUT2D eigenvalue weighted by Gasteiger charge is -2.12. The van der Waals surface area contributed by atoms with Crippen LogP contribution in [-0.2, 0) is 16.0 Å². The molecule has 3 N–H and O–H groups in total. The van der Waals surface area contributed by atoms with Gasteiger partial charge in [-0.25, -0.2) is 4.98 Å². The van der Waals surface area contributed by atoms with Gasteiger partial charge in [0.05, 0.1) is 12.1 Å². The normalized spacial score (nSPS) is 10.5. The molecule has 0 fully saturated rings. The molecule has 1 heterocycles. The summed E-state index contributed by atoms with van der Waals surface area (Å²) in [6, 6.07) is 28.8. The zero-order valence-electron chi connectivity index (χ0n) is 18.8. The van der Waals surface area contributed by atoms with Crippen LogP contribution in [0.25, 0.3) is 22.4 Å². The summed E-state index contributed by atoms with van der Waals surface area (Å²) in [4.78, 5) is 28.3. The number of amides is 2. The van der Waals surface area contributed by atoms with Crippen LogP contribution in [0.2, 0.25) is 0 Å². The van der Waals surface area contributed by atoms with E-state index in [9.17, 15) is 9.59 Å². The fraction of sp³-hybridized carbons (Fsp3) is 0.107. The van der Waals surface area contributed by atoms with Crippen LogP contribution >= 0.6 is 0 Å². The molecule has 34 heavy (non-hydrogen) atoms. The monoisotopic (exact) mass is 451 g/mol. The number of hydrogen-bond acceptors (Lipinski definition) is 4. The maximum atomic E-state index is 12.6. The molecule has 0 aliphatic carbocycles. The van der Waals surface area contributed by atoms with Gasteiger partial charge in [-0.3, -0.25) is 9.59 Å². The molecule has 0 saturated carbocycles. The van der Waals surface area contributed by atoms with E-state index < -0.39 is 5.91 Å². The number of pyridine rings is 1. The van der Waals surface area contributed by atoms with Crippen LogP contribution in [0.5, 0.6) is 5.75 Å². The van der Waals surface area contributed by atoms with Crippen LogP contribution in [0.3, 0.4) is 0 Å². The highest BCUT2D eigenvalue weighted by Crippen LogP contribution is 2.28. The Morgan fingerprint density at radius 3 is 2.24 bits per heavy atom. The summed E-state index contributed by atoms with van der Waals surface area (Å²) < 4.78 is 5.59. The molecular formula is C28H25N3O3. The maximum Gasteiger partial charge on any atom is 0.263 e. The van der Waals surface area contributed by atoms with E-state index >= 15 is 0 Å². The Morgan fingerprint density at radius 2 is 1.56 bits per heavy atom. The lowest BCUT2D eigenvalue weighted by Crippen LogP contribution is -2.21. The van der Waals surface area contributed by atoms with Gasteiger partial charge >= 0.3 is 0 Å². The molecule has 4 aromatic rings. The number of nitrogens with two attached hydrogens (primary N) is 1. The summed E-state index contributed by atoms with van der Waals surface area (Å²) in [5.41, 5.74) is 10.9. The summed E-state index contributed by atoms with van der Waals surface area (Å²) >= 11 is 0. The SMILES string of the molecule is Cc1ccc(-c2cc(NC(=O)COc3ccc(CC(N)=O)cc3)nc(-c3ccccc3)c2)cc1. The minimum absolute atomic E-state index is 0.160. The molecule has 0 aliphatic heterocycles. The molecule has 0 aliphatic rings. The number of nitrogens with one attached hydrogen (secondary N) is 1. The van der Waals surface area contributed by atoms with Crippen molar-refractivity contribution in [2.24, 2.45) is 5.73 Å². The smallest absolute Gasteiger partial charge is 0.263 e. The second-order valence-electron chi connectivity index (χ2n) is 7.98. The molecule has 0 radical (unpaired) electrons. The highest BCUT2D eigenvalue weighted by Gasteiger charge is 2.11. The molecular weight excluding hydrogens is 426 g/mol. The molecule has 0 saturated heterocycles. The quantitative estimate of drug-likeness (QED) is 0.403. The average Bonchev–Trinajstić information content (AvgIpc) is 2.84. The van der Waals surface area contributed by atoms with E-state index in [0.29, 0.717) is 11.6 Å². The van der Waals surface area contributed by atoms with Gasteiger partial charge in [-0.2, -0.15) is 0 Å². The van der Waals surface area contributed by atoms with E-state index in [1.165, 1.54) is 5.56 Å². The molecule has 0 spiro atoms. The first-order valence-corrected chi connectivity index (χ1v) is 10.9. The molecule has 3 aromatic carbocycles. The van der Waals surface area contributed by atoms with Gasteiger partial charge in [-0.1, -0.05) is 72.3 Å². The van der Waals surface area contributed by atoms with Crippen molar-refractivity contribution in [3.63, 3.8) is 0 Å². The number of carbonyl (C=O) groups is 2. The standard InChI is InChI=1S/C28H25N3O3/c1-19-7-11-21(12-8-19)23-16-25(22-5-3-2-4-6-22)30-27(17-23)31-28(33)18-34-24-13-9-20(10-14-24)15-26(29)32/h2-14,16-17H,15,18H2,1H3,(H2,29,32)(H,30,31,33). The first kappa shape index (κ1) is 22.7. The third kappa shape index (κ3) is 6.07. The number of rotatable bonds is 8. The number of anilines is 1. The summed E-state index contributed by atoms with van der Waals surface area (Å²) in [6.07, 6.45) is 0.160. The van der Waals surface area contributed by atoms with Gasteiger partial charge in [0, 0.05) is 5.56 Å². The fourth-order valence-electron chi connectivity index (χ4n) is 3.50. The van der Waals surface area contributed by atoms with Crippen molar-refractivity contribution in [3.05, 3.63) is 102 Å². The Kier molecular flexibility index (Phi) is 6.98. The van der Waals surface area contributed by atoms with Crippen LogP contribution in [0, 0.1) is 6.92 Å². The number of primary amides is 1. The van der Waals surface area contributed by atoms with Gasteiger partial charge in [0.25, 0.3) is 5.91 Å². The van der Waals surface area contributed by atoms with E-state index in [-0.39, 0.29) is 18.9 Å². The maximum absolute atomic E-state index is 12.6. The van der Waals surface area contributed by atoms with Crippen molar-refractivity contribution >= 4 is 17.6 Å². The summed E-state index contributed by atoms with van der Waals surface area (Å²) in [5, 5.41) is 2.85. The van der Waals surface area contributed by atoms with Crippen LogP contribution in [0.15, 0.2) is 91.0 Å². The first-order chi connectivity index (χ1) is 16.5. The Morgan fingerprint density at radius 1 is 0.853 bits per heavy atom. The van der Waals surface area contributed by atoms with Crippen molar-refractivity contribution in [1.29, 1.82) is 0 Å². The molecule has 4 rings (SSSR count). The number of nitrogens with zero attached hydrogens (tertiary/aromatic N) is 1. The number of hydrogen-bond donors (Lipinski definition) is 2. The first-order valence-electron chi connectivity index (χ1n) is 10.9. The Hall–Kier alpha value is -4.45. The molecule has 1 aromatic heterocycles. The van der Waals surface area contributed by atoms with Gasteiger partial charge < -0.3 is 15.8 Å². The highest BCUT2D eigenvalue weighted by atomic mass is 16.5. The average molecular weight is 452 g/mol. The summed E-state index contributed by atoms with van der Waals surface area (Å²) in [6.45, 7) is 1.87. The highest BCUT2D eigenvalue weighted by molar-refractivity contribution is 5.92. The number of benzene rings is 3. The van der Waals surface area contributed by atoms with E-state index in [0.717, 1.165) is 27.9 Å². The van der Waals surface area contributed by atoms with Crippen LogP contribution in [0.4, 0.5) is 5.82 Å². The summed E-state index contributed by atoms with van der Waals surface area (Å²) in [5.74, 6) is 0.245. The molecule has 0 unspecified atom stereocenters. The minimum Gasteiger partial charge on any atom is -0.484 e. The van der Waals surface area contributed by atoms with Crippen LogP contribution in [-0.4, -0.2) is 23.4 Å². The largest absolute Gasteiger partial charge is 0.484 e. The number of carbonyl (C=O) groups excluding carboxylic acids is 2. The summed E-state index contributed by atoms with van der Waals surface area (Å²) in [7, 11) is 0. The Bertz CT molecular complexity index is 1290. The number of ether oxygens (including phenoxy) is 1.